The molecule has 2 aromatic heterocycles. The fourth-order valence-corrected chi connectivity index (χ4v) is 4.17. The Hall–Kier alpha value is -3.58. The van der Waals surface area contributed by atoms with E-state index in [9.17, 15) is 34.5 Å². The lowest BCUT2D eigenvalue weighted by Gasteiger charge is -2.29. The van der Waals surface area contributed by atoms with E-state index in [2.05, 4.69) is 38.2 Å². The van der Waals surface area contributed by atoms with Crippen molar-refractivity contribution in [2.45, 2.75) is 63.8 Å². The number of carbonyl (C=O) groups is 4. The Morgan fingerprint density at radius 2 is 1.77 bits per heavy atom. The second-order valence-electron chi connectivity index (χ2n) is 10.5. The summed E-state index contributed by atoms with van der Waals surface area (Å²) in [5.41, 5.74) is 5.18. The monoisotopic (exact) mass is 627 g/mol. The van der Waals surface area contributed by atoms with Crippen LogP contribution in [0, 0.1) is 5.41 Å². The predicted octanol–water partition coefficient (Wildman–Crippen LogP) is -2.17. The topological polar surface area (TPSA) is 250 Å². The Morgan fingerprint density at radius 1 is 1.07 bits per heavy atom. The molecule has 0 saturated carbocycles. The number of amides is 2. The van der Waals surface area contributed by atoms with Crippen LogP contribution >= 0.6 is 12.6 Å². The van der Waals surface area contributed by atoms with Crippen LogP contribution in [0.4, 0.5) is 5.82 Å². The third-order valence-electron chi connectivity index (χ3n) is 6.62. The molecule has 5 atom stereocenters. The molecule has 0 bridgehead atoms. The number of nitrogen functional groups attached to an aromatic ring is 1. The number of thiol groups is 1. The molecule has 0 aromatic carbocycles. The van der Waals surface area contributed by atoms with Gasteiger partial charge in [0.15, 0.2) is 17.7 Å². The maximum atomic E-state index is 12.3. The van der Waals surface area contributed by atoms with E-state index in [0.29, 0.717) is 12.3 Å². The van der Waals surface area contributed by atoms with E-state index in [-0.39, 0.29) is 55.3 Å². The highest BCUT2D eigenvalue weighted by molar-refractivity contribution is 7.80. The third kappa shape index (κ3) is 8.96. The first kappa shape index (κ1) is 33.9. The molecule has 3 heterocycles. The highest BCUT2D eigenvalue weighted by atomic mass is 32.1. The van der Waals surface area contributed by atoms with Gasteiger partial charge in [0.1, 0.15) is 42.9 Å². The van der Waals surface area contributed by atoms with Crippen molar-refractivity contribution in [3.8, 4) is 0 Å². The summed E-state index contributed by atoms with van der Waals surface area (Å²) in [4.78, 5) is 60.3. The number of anilines is 1. The number of esters is 2. The van der Waals surface area contributed by atoms with Crippen LogP contribution < -0.4 is 16.4 Å². The number of nitrogens with one attached hydrogen (secondary N) is 2. The van der Waals surface area contributed by atoms with Gasteiger partial charge in [-0.1, -0.05) is 13.8 Å². The van der Waals surface area contributed by atoms with E-state index in [1.807, 2.05) is 0 Å². The van der Waals surface area contributed by atoms with Gasteiger partial charge in [0, 0.05) is 30.7 Å². The quantitative estimate of drug-likeness (QED) is 0.0820. The Morgan fingerprint density at radius 3 is 2.47 bits per heavy atom. The normalized spacial score (nSPS) is 20.9. The molecule has 1 fully saturated rings. The molecule has 0 spiro atoms. The van der Waals surface area contributed by atoms with E-state index in [1.54, 1.807) is 0 Å². The average Bonchev–Trinajstić information content (AvgIpc) is 3.53. The summed E-state index contributed by atoms with van der Waals surface area (Å²) < 4.78 is 17.3. The number of aliphatic hydroxyl groups excluding tert-OH is 3. The zero-order chi connectivity index (χ0) is 31.7. The second kappa shape index (κ2) is 15.2. The molecule has 43 heavy (non-hydrogen) atoms. The Bertz CT molecular complexity index is 1290. The van der Waals surface area contributed by atoms with E-state index in [4.69, 9.17) is 19.9 Å². The van der Waals surface area contributed by atoms with Gasteiger partial charge in [-0.25, -0.2) is 15.0 Å². The summed E-state index contributed by atoms with van der Waals surface area (Å²) in [6.07, 6.45) is -4.62. The molecular formula is C25H37N7O10S. The van der Waals surface area contributed by atoms with Crippen LogP contribution in [0.3, 0.4) is 0 Å². The average molecular weight is 628 g/mol. The standard InChI is InChI=1S/C25H37N7O10S/c1-25(2,20(38)23(39)28-6-5-14(33)27-7-8-43)10-41-16(35)4-3-15(34)40-9-13-18(36)19(37)24(42-13)32-12-31-17-21(26)29-11-30-22(17)32/h11-13,18-20,24,36-38,43H,3-10H2,1-2H3,(H,27,33)(H,28,39)(H2,26,29,30)/t13-,18-,19-,20-,24-/m0/s1. The minimum absolute atomic E-state index is 0.0132. The third-order valence-corrected chi connectivity index (χ3v) is 6.84. The Balaban J connectivity index is 1.38. The van der Waals surface area contributed by atoms with Crippen LogP contribution in [0.25, 0.3) is 11.2 Å². The smallest absolute Gasteiger partial charge is 0.306 e. The van der Waals surface area contributed by atoms with Gasteiger partial charge < -0.3 is 45.9 Å². The summed E-state index contributed by atoms with van der Waals surface area (Å²) in [6, 6.07) is 0. The number of aromatic nitrogens is 4. The number of nitrogens with zero attached hydrogens (tertiary/aromatic N) is 4. The highest BCUT2D eigenvalue weighted by Crippen LogP contribution is 2.32. The van der Waals surface area contributed by atoms with Crippen LogP contribution in [0.5, 0.6) is 0 Å². The fraction of sp³-hybridized carbons (Fsp3) is 0.640. The molecule has 0 radical (unpaired) electrons. The van der Waals surface area contributed by atoms with Crippen molar-refractivity contribution in [1.82, 2.24) is 30.2 Å². The van der Waals surface area contributed by atoms with E-state index >= 15 is 0 Å². The minimum atomic E-state index is -1.53. The van der Waals surface area contributed by atoms with Crippen molar-refractivity contribution >= 4 is 53.4 Å². The van der Waals surface area contributed by atoms with Gasteiger partial charge in [0.2, 0.25) is 11.8 Å². The number of hydrogen-bond acceptors (Lipinski definition) is 15. The SMILES string of the molecule is CC(C)(COC(=O)CCC(=O)OC[C@@H]1O[C@H](n2cnc3c(N)ncnc32)[C@@H](O)[C@H]1O)[C@@H](O)C(=O)NCCC(=O)NCCS. The van der Waals surface area contributed by atoms with Gasteiger partial charge in [0.05, 0.1) is 25.8 Å². The van der Waals surface area contributed by atoms with Gasteiger partial charge in [-0.05, 0) is 0 Å². The Labute approximate surface area is 251 Å². The molecule has 0 aliphatic carbocycles. The maximum Gasteiger partial charge on any atom is 0.306 e. The number of carbonyl (C=O) groups excluding carboxylic acids is 4. The summed E-state index contributed by atoms with van der Waals surface area (Å²) in [5, 5.41) is 36.4. The molecule has 2 amide bonds. The predicted molar refractivity (Wildman–Crippen MR) is 151 cm³/mol. The summed E-state index contributed by atoms with van der Waals surface area (Å²) in [5.74, 6) is -1.93. The summed E-state index contributed by atoms with van der Waals surface area (Å²) >= 11 is 3.98. The number of nitrogens with two attached hydrogens (primary N) is 1. The number of hydrogen-bond donors (Lipinski definition) is 7. The molecular weight excluding hydrogens is 590 g/mol. The van der Waals surface area contributed by atoms with Crippen LogP contribution in [-0.2, 0) is 33.4 Å². The molecule has 3 rings (SSSR count). The number of fused-ring (bicyclic) bond motifs is 1. The number of rotatable bonds is 15. The minimum Gasteiger partial charge on any atom is -0.465 e. The molecule has 1 aliphatic rings. The molecule has 1 aliphatic heterocycles. The van der Waals surface area contributed by atoms with Crippen molar-refractivity contribution in [3.63, 3.8) is 0 Å². The second-order valence-corrected chi connectivity index (χ2v) is 10.9. The summed E-state index contributed by atoms with van der Waals surface area (Å²) in [6.45, 7) is 2.72. The first-order valence-corrected chi connectivity index (χ1v) is 14.1. The highest BCUT2D eigenvalue weighted by Gasteiger charge is 2.45. The van der Waals surface area contributed by atoms with Crippen LogP contribution in [0.2, 0.25) is 0 Å². The lowest BCUT2D eigenvalue weighted by Crippen LogP contribution is -2.47. The summed E-state index contributed by atoms with van der Waals surface area (Å²) in [7, 11) is 0. The fourth-order valence-electron chi connectivity index (χ4n) is 4.06. The van der Waals surface area contributed by atoms with Crippen LogP contribution in [-0.4, -0.2) is 115 Å². The maximum absolute atomic E-state index is 12.3. The zero-order valence-electron chi connectivity index (χ0n) is 23.7. The molecule has 0 unspecified atom stereocenters. The van der Waals surface area contributed by atoms with E-state index < -0.39 is 60.5 Å². The van der Waals surface area contributed by atoms with Crippen molar-refractivity contribution in [3.05, 3.63) is 12.7 Å². The molecule has 7 N–H and O–H groups in total. The van der Waals surface area contributed by atoms with Crippen molar-refractivity contribution in [2.75, 3.05) is 37.8 Å². The molecule has 2 aromatic rings. The van der Waals surface area contributed by atoms with Gasteiger partial charge in [-0.15, -0.1) is 0 Å². The van der Waals surface area contributed by atoms with Crippen molar-refractivity contribution < 1.29 is 48.7 Å². The molecule has 18 heteroatoms. The van der Waals surface area contributed by atoms with Crippen molar-refractivity contribution in [2.24, 2.45) is 5.41 Å². The van der Waals surface area contributed by atoms with Gasteiger partial charge in [-0.2, -0.15) is 12.6 Å². The zero-order valence-corrected chi connectivity index (χ0v) is 24.6. The largest absolute Gasteiger partial charge is 0.465 e. The Kier molecular flexibility index (Phi) is 12.0. The van der Waals surface area contributed by atoms with E-state index in [1.165, 1.54) is 31.1 Å². The first-order valence-electron chi connectivity index (χ1n) is 13.4. The van der Waals surface area contributed by atoms with Gasteiger partial charge in [0.25, 0.3) is 0 Å². The molecule has 17 nitrogen and oxygen atoms in total. The lowest BCUT2D eigenvalue weighted by atomic mass is 9.87. The first-order chi connectivity index (χ1) is 20.4. The van der Waals surface area contributed by atoms with Gasteiger partial charge in [-0.3, -0.25) is 23.7 Å². The molecule has 238 valence electrons. The number of aliphatic hydroxyl groups is 3. The van der Waals surface area contributed by atoms with Gasteiger partial charge >= 0.3 is 11.9 Å². The number of ether oxygens (including phenoxy) is 3. The molecule has 1 saturated heterocycles. The van der Waals surface area contributed by atoms with Crippen molar-refractivity contribution in [1.29, 1.82) is 0 Å². The van der Waals surface area contributed by atoms with E-state index in [0.717, 1.165) is 0 Å². The van der Waals surface area contributed by atoms with Crippen LogP contribution in [0.1, 0.15) is 39.3 Å². The number of imidazole rings is 1. The lowest BCUT2D eigenvalue weighted by molar-refractivity contribution is -0.157. The van der Waals surface area contributed by atoms with Crippen LogP contribution in [0.15, 0.2) is 12.7 Å².